The van der Waals surface area contributed by atoms with Crippen LogP contribution in [0.15, 0.2) is 81.0 Å². The first-order chi connectivity index (χ1) is 16.4. The van der Waals surface area contributed by atoms with E-state index in [4.69, 9.17) is 16.6 Å². The van der Waals surface area contributed by atoms with Crippen molar-refractivity contribution in [1.29, 1.82) is 0 Å². The molecule has 0 fully saturated rings. The van der Waals surface area contributed by atoms with Gasteiger partial charge in [0.25, 0.3) is 5.56 Å². The SMILES string of the molecule is CN(C)CC1=NCCN1c1ccc(-c2nc3ccc(Br)cc3c(=O)n2-c2ccc(Cl)cc2)cc1. The van der Waals surface area contributed by atoms with E-state index in [2.05, 4.69) is 42.9 Å². The van der Waals surface area contributed by atoms with Crippen molar-refractivity contribution < 1.29 is 0 Å². The largest absolute Gasteiger partial charge is 0.327 e. The number of fused-ring (bicyclic) bond motifs is 1. The number of aromatic nitrogens is 2. The van der Waals surface area contributed by atoms with Crippen LogP contribution in [0.4, 0.5) is 5.69 Å². The lowest BCUT2D eigenvalue weighted by Crippen LogP contribution is -2.35. The standard InChI is InChI=1S/C26H23BrClN5O/c1-31(2)16-24-29-13-14-32(24)20-8-3-17(4-9-20)25-30-23-12-5-18(27)15-22(23)26(34)33(25)21-10-6-19(28)7-11-21/h3-12,15H,13-14,16H2,1-2H3. The summed E-state index contributed by atoms with van der Waals surface area (Å²) in [5.41, 5.74) is 3.16. The summed E-state index contributed by atoms with van der Waals surface area (Å²) in [6.07, 6.45) is 0. The van der Waals surface area contributed by atoms with Gasteiger partial charge in [0.05, 0.1) is 29.7 Å². The Kier molecular flexibility index (Phi) is 6.25. The Balaban J connectivity index is 1.62. The van der Waals surface area contributed by atoms with E-state index in [0.717, 1.165) is 41.2 Å². The van der Waals surface area contributed by atoms with Crippen LogP contribution in [0, 0.1) is 0 Å². The van der Waals surface area contributed by atoms with Crippen molar-refractivity contribution in [2.45, 2.75) is 0 Å². The molecule has 8 heteroatoms. The molecule has 0 aliphatic carbocycles. The third kappa shape index (κ3) is 4.39. The molecule has 1 aromatic heterocycles. The predicted molar refractivity (Wildman–Crippen MR) is 144 cm³/mol. The third-order valence-corrected chi connectivity index (χ3v) is 6.48. The van der Waals surface area contributed by atoms with Gasteiger partial charge in [-0.15, -0.1) is 0 Å². The number of nitrogens with zero attached hydrogens (tertiary/aromatic N) is 5. The minimum atomic E-state index is -0.132. The van der Waals surface area contributed by atoms with E-state index < -0.39 is 0 Å². The van der Waals surface area contributed by atoms with Gasteiger partial charge in [0.1, 0.15) is 11.7 Å². The summed E-state index contributed by atoms with van der Waals surface area (Å²) in [5.74, 6) is 1.64. The summed E-state index contributed by atoms with van der Waals surface area (Å²) in [6.45, 7) is 2.45. The van der Waals surface area contributed by atoms with Crippen molar-refractivity contribution in [1.82, 2.24) is 14.5 Å². The van der Waals surface area contributed by atoms with Crippen molar-refractivity contribution in [2.24, 2.45) is 4.99 Å². The summed E-state index contributed by atoms with van der Waals surface area (Å²) < 4.78 is 2.48. The summed E-state index contributed by atoms with van der Waals surface area (Å²) in [4.78, 5) is 27.5. The highest BCUT2D eigenvalue weighted by Crippen LogP contribution is 2.27. The Bertz CT molecular complexity index is 1450. The van der Waals surface area contributed by atoms with Crippen molar-refractivity contribution >= 4 is 50.0 Å². The zero-order valence-electron chi connectivity index (χ0n) is 18.9. The second kappa shape index (κ2) is 9.33. The van der Waals surface area contributed by atoms with Gasteiger partial charge in [-0.2, -0.15) is 0 Å². The van der Waals surface area contributed by atoms with Crippen molar-refractivity contribution in [3.05, 3.63) is 86.6 Å². The van der Waals surface area contributed by atoms with Gasteiger partial charge < -0.3 is 9.80 Å². The van der Waals surface area contributed by atoms with Crippen LogP contribution >= 0.6 is 27.5 Å². The van der Waals surface area contributed by atoms with Crippen LogP contribution < -0.4 is 10.5 Å². The number of anilines is 1. The fraction of sp³-hybridized carbons (Fsp3) is 0.192. The summed E-state index contributed by atoms with van der Waals surface area (Å²) >= 11 is 9.58. The van der Waals surface area contributed by atoms with Gasteiger partial charge in [0.15, 0.2) is 0 Å². The minimum Gasteiger partial charge on any atom is -0.327 e. The second-order valence-electron chi connectivity index (χ2n) is 8.45. The molecule has 34 heavy (non-hydrogen) atoms. The highest BCUT2D eigenvalue weighted by molar-refractivity contribution is 9.10. The highest BCUT2D eigenvalue weighted by atomic mass is 79.9. The van der Waals surface area contributed by atoms with Crippen LogP contribution in [-0.2, 0) is 0 Å². The molecule has 0 unspecified atom stereocenters. The Morgan fingerprint density at radius 1 is 1.00 bits per heavy atom. The van der Waals surface area contributed by atoms with Gasteiger partial charge >= 0.3 is 0 Å². The number of halogens is 2. The molecule has 0 spiro atoms. The van der Waals surface area contributed by atoms with E-state index in [0.29, 0.717) is 27.4 Å². The summed E-state index contributed by atoms with van der Waals surface area (Å²) in [7, 11) is 4.09. The smallest absolute Gasteiger partial charge is 0.266 e. The van der Waals surface area contributed by atoms with Crippen molar-refractivity contribution in [3.63, 3.8) is 0 Å². The molecular formula is C26H23BrClN5O. The van der Waals surface area contributed by atoms with Crippen LogP contribution in [0.3, 0.4) is 0 Å². The number of hydrogen-bond acceptors (Lipinski definition) is 5. The van der Waals surface area contributed by atoms with Gasteiger partial charge in [-0.3, -0.25) is 14.4 Å². The van der Waals surface area contributed by atoms with E-state index in [1.807, 2.05) is 56.6 Å². The molecule has 0 saturated carbocycles. The Hall–Kier alpha value is -3.00. The Morgan fingerprint density at radius 2 is 1.71 bits per heavy atom. The molecule has 1 aliphatic rings. The van der Waals surface area contributed by atoms with Crippen molar-refractivity contribution in [3.8, 4) is 17.1 Å². The predicted octanol–water partition coefficient (Wildman–Crippen LogP) is 5.25. The average Bonchev–Trinajstić information content (AvgIpc) is 3.28. The molecule has 4 aromatic rings. The zero-order valence-corrected chi connectivity index (χ0v) is 21.2. The maximum absolute atomic E-state index is 13.6. The molecule has 6 nitrogen and oxygen atoms in total. The number of hydrogen-bond donors (Lipinski definition) is 0. The molecule has 1 aliphatic heterocycles. The third-order valence-electron chi connectivity index (χ3n) is 5.74. The second-order valence-corrected chi connectivity index (χ2v) is 9.80. The minimum absolute atomic E-state index is 0.132. The topological polar surface area (TPSA) is 53.7 Å². The molecule has 2 heterocycles. The molecule has 0 saturated heterocycles. The van der Waals surface area contributed by atoms with Crippen LogP contribution in [-0.4, -0.2) is 54.0 Å². The summed E-state index contributed by atoms with van der Waals surface area (Å²) in [5, 5.41) is 1.16. The number of likely N-dealkylation sites (N-methyl/N-ethyl adjacent to an activating group) is 1. The zero-order chi connectivity index (χ0) is 23.8. The van der Waals surface area contributed by atoms with Gasteiger partial charge in [-0.05, 0) is 80.8 Å². The van der Waals surface area contributed by atoms with Gasteiger partial charge in [-0.1, -0.05) is 27.5 Å². The van der Waals surface area contributed by atoms with Crippen LogP contribution in [0.25, 0.3) is 28.0 Å². The van der Waals surface area contributed by atoms with Gasteiger partial charge in [0, 0.05) is 27.3 Å². The van der Waals surface area contributed by atoms with E-state index in [-0.39, 0.29) is 5.56 Å². The lowest BCUT2D eigenvalue weighted by Gasteiger charge is -2.23. The van der Waals surface area contributed by atoms with E-state index in [9.17, 15) is 4.79 Å². The molecule has 0 amide bonds. The summed E-state index contributed by atoms with van der Waals surface area (Å²) in [6, 6.07) is 20.9. The van der Waals surface area contributed by atoms with Crippen LogP contribution in [0.2, 0.25) is 5.02 Å². The van der Waals surface area contributed by atoms with Crippen LogP contribution in [0.1, 0.15) is 0 Å². The Morgan fingerprint density at radius 3 is 2.41 bits per heavy atom. The molecule has 0 radical (unpaired) electrons. The van der Waals surface area contributed by atoms with Gasteiger partial charge in [0.2, 0.25) is 0 Å². The maximum atomic E-state index is 13.6. The van der Waals surface area contributed by atoms with Crippen molar-refractivity contribution in [2.75, 3.05) is 38.6 Å². The molecular weight excluding hydrogens is 514 g/mol. The fourth-order valence-electron chi connectivity index (χ4n) is 4.16. The number of rotatable bonds is 5. The quantitative estimate of drug-likeness (QED) is 0.350. The molecule has 0 bridgehead atoms. The normalized spacial score (nSPS) is 13.7. The first kappa shape index (κ1) is 22.8. The van der Waals surface area contributed by atoms with E-state index in [1.54, 1.807) is 16.7 Å². The monoisotopic (exact) mass is 535 g/mol. The number of aliphatic imine (C=N–C) groups is 1. The van der Waals surface area contributed by atoms with Gasteiger partial charge in [-0.25, -0.2) is 4.98 Å². The first-order valence-electron chi connectivity index (χ1n) is 10.9. The Labute approximate surface area is 211 Å². The molecule has 172 valence electrons. The van der Waals surface area contributed by atoms with E-state index >= 15 is 0 Å². The number of amidine groups is 1. The van der Waals surface area contributed by atoms with E-state index in [1.165, 1.54) is 0 Å². The fourth-order valence-corrected chi connectivity index (χ4v) is 4.65. The average molecular weight is 537 g/mol. The number of benzene rings is 3. The lowest BCUT2D eigenvalue weighted by molar-refractivity contribution is 0.468. The molecule has 0 atom stereocenters. The molecule has 5 rings (SSSR count). The van der Waals surface area contributed by atoms with Crippen LogP contribution in [0.5, 0.6) is 0 Å². The first-order valence-corrected chi connectivity index (χ1v) is 12.1. The highest BCUT2D eigenvalue weighted by Gasteiger charge is 2.20. The molecule has 0 N–H and O–H groups in total. The molecule has 3 aromatic carbocycles. The lowest BCUT2D eigenvalue weighted by atomic mass is 10.1. The maximum Gasteiger partial charge on any atom is 0.266 e.